The molecule has 0 bridgehead atoms. The summed E-state index contributed by atoms with van der Waals surface area (Å²) in [5.41, 5.74) is 0.561. The number of nitrogens with zero attached hydrogens (tertiary/aromatic N) is 1. The summed E-state index contributed by atoms with van der Waals surface area (Å²) in [7, 11) is -0.516. The largest absolute Gasteiger partial charge is 0.494 e. The summed E-state index contributed by atoms with van der Waals surface area (Å²) in [6.07, 6.45) is -0.631. The lowest BCUT2D eigenvalue weighted by Crippen LogP contribution is -2.41. The zero-order chi connectivity index (χ0) is 20.4. The van der Waals surface area contributed by atoms with Gasteiger partial charge in [-0.3, -0.25) is 4.79 Å². The maximum absolute atomic E-state index is 12.7. The fraction of sp³-hybridized carbons (Fsp3) is 0.600. The van der Waals surface area contributed by atoms with Gasteiger partial charge in [-0.1, -0.05) is 12.1 Å². The average molecular weight is 373 g/mol. The first-order valence-electron chi connectivity index (χ1n) is 9.29. The minimum absolute atomic E-state index is 0.341. The van der Waals surface area contributed by atoms with Crippen LogP contribution >= 0.6 is 0 Å². The summed E-state index contributed by atoms with van der Waals surface area (Å²) in [5.74, 6) is -0.341. The summed E-state index contributed by atoms with van der Waals surface area (Å²) in [6.45, 7) is 15.1. The van der Waals surface area contributed by atoms with E-state index < -0.39 is 36.1 Å². The van der Waals surface area contributed by atoms with Gasteiger partial charge < -0.3 is 14.0 Å². The van der Waals surface area contributed by atoms with Crippen molar-refractivity contribution in [2.24, 2.45) is 0 Å². The van der Waals surface area contributed by atoms with E-state index in [0.29, 0.717) is 5.56 Å². The zero-order valence-electron chi connectivity index (χ0n) is 17.4. The molecule has 2 aliphatic rings. The maximum atomic E-state index is 12.7. The Labute approximate surface area is 161 Å². The summed E-state index contributed by atoms with van der Waals surface area (Å²) in [6, 6.07) is 5.04. The quantitative estimate of drug-likeness (QED) is 0.706. The molecule has 1 saturated heterocycles. The standard InChI is InChI=1S/C20H28BNO5/c1-12-15-11-13(21-26-19(5,6)20(7,8)27-21)9-10-14(15)16(23)22(12)17(24)25-18(2,3)4/h9-12H,1-8H3. The second-order valence-corrected chi connectivity index (χ2v) is 9.27. The highest BCUT2D eigenvalue weighted by molar-refractivity contribution is 6.62. The van der Waals surface area contributed by atoms with Gasteiger partial charge in [-0.05, 0) is 72.5 Å². The van der Waals surface area contributed by atoms with Crippen LogP contribution in [-0.4, -0.2) is 40.8 Å². The third-order valence-electron chi connectivity index (χ3n) is 5.48. The summed E-state index contributed by atoms with van der Waals surface area (Å²) in [4.78, 5) is 26.4. The lowest BCUT2D eigenvalue weighted by molar-refractivity contribution is 0.00578. The highest BCUT2D eigenvalue weighted by Crippen LogP contribution is 2.38. The topological polar surface area (TPSA) is 65.1 Å². The van der Waals surface area contributed by atoms with Crippen molar-refractivity contribution in [1.29, 1.82) is 0 Å². The molecule has 1 aromatic rings. The van der Waals surface area contributed by atoms with Crippen molar-refractivity contribution in [2.75, 3.05) is 0 Å². The fourth-order valence-electron chi connectivity index (χ4n) is 3.24. The first kappa shape index (κ1) is 19.9. The van der Waals surface area contributed by atoms with Gasteiger partial charge in [0.1, 0.15) is 5.60 Å². The van der Waals surface area contributed by atoms with E-state index in [9.17, 15) is 9.59 Å². The van der Waals surface area contributed by atoms with Gasteiger partial charge in [0.15, 0.2) is 0 Å². The maximum Gasteiger partial charge on any atom is 0.494 e. The van der Waals surface area contributed by atoms with Crippen molar-refractivity contribution < 1.29 is 23.6 Å². The molecule has 27 heavy (non-hydrogen) atoms. The van der Waals surface area contributed by atoms with Crippen LogP contribution in [0.5, 0.6) is 0 Å². The number of carbonyl (C=O) groups excluding carboxylic acids is 2. The smallest absolute Gasteiger partial charge is 0.443 e. The number of ether oxygens (including phenoxy) is 1. The van der Waals surface area contributed by atoms with E-state index in [1.165, 1.54) is 4.90 Å². The van der Waals surface area contributed by atoms with E-state index in [0.717, 1.165) is 11.0 Å². The second-order valence-electron chi connectivity index (χ2n) is 9.27. The normalized spacial score (nSPS) is 23.6. The predicted octanol–water partition coefficient (Wildman–Crippen LogP) is 3.44. The Bertz CT molecular complexity index is 780. The number of fused-ring (bicyclic) bond motifs is 1. The minimum atomic E-state index is -0.667. The van der Waals surface area contributed by atoms with Crippen molar-refractivity contribution in [3.8, 4) is 0 Å². The molecule has 2 amide bonds. The van der Waals surface area contributed by atoms with Crippen LogP contribution in [0.4, 0.5) is 4.79 Å². The molecule has 0 aliphatic carbocycles. The predicted molar refractivity (Wildman–Crippen MR) is 103 cm³/mol. The highest BCUT2D eigenvalue weighted by atomic mass is 16.7. The van der Waals surface area contributed by atoms with Crippen molar-refractivity contribution in [2.45, 2.75) is 78.2 Å². The van der Waals surface area contributed by atoms with Crippen LogP contribution in [0, 0.1) is 0 Å². The molecule has 1 unspecified atom stereocenters. The Balaban J connectivity index is 1.88. The molecule has 6 nitrogen and oxygen atoms in total. The molecule has 146 valence electrons. The summed E-state index contributed by atoms with van der Waals surface area (Å²) in [5, 5.41) is 0. The highest BCUT2D eigenvalue weighted by Gasteiger charge is 2.52. The van der Waals surface area contributed by atoms with Gasteiger partial charge in [-0.2, -0.15) is 0 Å². The van der Waals surface area contributed by atoms with E-state index in [1.54, 1.807) is 26.8 Å². The lowest BCUT2D eigenvalue weighted by Gasteiger charge is -2.32. The van der Waals surface area contributed by atoms with E-state index in [-0.39, 0.29) is 5.91 Å². The van der Waals surface area contributed by atoms with Gasteiger partial charge in [-0.15, -0.1) is 0 Å². The number of amides is 2. The number of rotatable bonds is 1. The van der Waals surface area contributed by atoms with Crippen LogP contribution in [0.1, 0.15) is 77.4 Å². The van der Waals surface area contributed by atoms with E-state index in [4.69, 9.17) is 14.0 Å². The average Bonchev–Trinajstić information content (AvgIpc) is 2.87. The monoisotopic (exact) mass is 373 g/mol. The zero-order valence-corrected chi connectivity index (χ0v) is 17.4. The van der Waals surface area contributed by atoms with Crippen LogP contribution in [0.2, 0.25) is 0 Å². The van der Waals surface area contributed by atoms with E-state index in [1.807, 2.05) is 46.8 Å². The molecule has 1 aromatic carbocycles. The molecular weight excluding hydrogens is 345 g/mol. The lowest BCUT2D eigenvalue weighted by atomic mass is 9.77. The third-order valence-corrected chi connectivity index (χ3v) is 5.48. The molecule has 0 N–H and O–H groups in total. The van der Waals surface area contributed by atoms with Gasteiger partial charge in [-0.25, -0.2) is 9.69 Å². The first-order chi connectivity index (χ1) is 12.2. The first-order valence-corrected chi connectivity index (χ1v) is 9.29. The van der Waals surface area contributed by atoms with Gasteiger partial charge in [0, 0.05) is 5.56 Å². The van der Waals surface area contributed by atoms with Crippen molar-refractivity contribution in [3.63, 3.8) is 0 Å². The number of imide groups is 1. The molecule has 7 heteroatoms. The Morgan fingerprint density at radius 2 is 1.70 bits per heavy atom. The van der Waals surface area contributed by atoms with E-state index >= 15 is 0 Å². The van der Waals surface area contributed by atoms with Crippen molar-refractivity contribution in [1.82, 2.24) is 4.90 Å². The number of hydrogen-bond acceptors (Lipinski definition) is 5. The Morgan fingerprint density at radius 1 is 1.15 bits per heavy atom. The van der Waals surface area contributed by atoms with E-state index in [2.05, 4.69) is 0 Å². The molecule has 0 spiro atoms. The molecular formula is C20H28BNO5. The van der Waals surface area contributed by atoms with Gasteiger partial charge >= 0.3 is 13.2 Å². The van der Waals surface area contributed by atoms with Gasteiger partial charge in [0.05, 0.1) is 17.2 Å². The van der Waals surface area contributed by atoms with Crippen LogP contribution in [0.15, 0.2) is 18.2 Å². The van der Waals surface area contributed by atoms with Crippen molar-refractivity contribution in [3.05, 3.63) is 29.3 Å². The molecule has 0 saturated carbocycles. The number of carbonyl (C=O) groups is 2. The van der Waals surface area contributed by atoms with Gasteiger partial charge in [0.2, 0.25) is 0 Å². The van der Waals surface area contributed by atoms with Crippen LogP contribution in [0.3, 0.4) is 0 Å². The van der Waals surface area contributed by atoms with Crippen molar-refractivity contribution >= 4 is 24.6 Å². The van der Waals surface area contributed by atoms with Gasteiger partial charge in [0.25, 0.3) is 5.91 Å². The van der Waals surface area contributed by atoms with Crippen LogP contribution < -0.4 is 5.46 Å². The Kier molecular flexibility index (Phi) is 4.48. The number of benzene rings is 1. The molecule has 1 fully saturated rings. The Hall–Kier alpha value is -1.86. The summed E-state index contributed by atoms with van der Waals surface area (Å²) >= 11 is 0. The molecule has 1 atom stereocenters. The summed E-state index contributed by atoms with van der Waals surface area (Å²) < 4.78 is 17.6. The third kappa shape index (κ3) is 3.38. The number of hydrogen-bond donors (Lipinski definition) is 0. The Morgan fingerprint density at radius 3 is 2.22 bits per heavy atom. The molecule has 2 heterocycles. The molecule has 0 aromatic heterocycles. The molecule has 0 radical (unpaired) electrons. The molecule has 3 rings (SSSR count). The fourth-order valence-corrected chi connectivity index (χ4v) is 3.24. The van der Waals surface area contributed by atoms with Crippen LogP contribution in [-0.2, 0) is 14.0 Å². The second kappa shape index (κ2) is 6.07. The van der Waals surface area contributed by atoms with Crippen LogP contribution in [0.25, 0.3) is 0 Å². The molecule has 2 aliphatic heterocycles. The SMILES string of the molecule is CC1c2cc(B3OC(C)(C)C(C)(C)O3)ccc2C(=O)N1C(=O)OC(C)(C)C. The minimum Gasteiger partial charge on any atom is -0.443 e.